The Morgan fingerprint density at radius 1 is 1.38 bits per heavy atom. The van der Waals surface area contributed by atoms with Gasteiger partial charge in [-0.1, -0.05) is 24.6 Å². The Morgan fingerprint density at radius 2 is 2.06 bits per heavy atom. The van der Waals surface area contributed by atoms with Gasteiger partial charge in [-0.25, -0.2) is 9.97 Å². The first-order chi connectivity index (χ1) is 7.70. The Balaban J connectivity index is 2.21. The molecule has 0 aromatic carbocycles. The highest BCUT2D eigenvalue weighted by Gasteiger charge is 2.21. The molecule has 0 bridgehead atoms. The van der Waals surface area contributed by atoms with Crippen LogP contribution in [0.2, 0.25) is 0 Å². The maximum Gasteiger partial charge on any atom is 0.191 e. The highest BCUT2D eigenvalue weighted by molar-refractivity contribution is 7.98. The van der Waals surface area contributed by atoms with Crippen LogP contribution in [0.3, 0.4) is 0 Å². The Morgan fingerprint density at radius 3 is 2.69 bits per heavy atom. The van der Waals surface area contributed by atoms with Gasteiger partial charge < -0.3 is 10.6 Å². The smallest absolute Gasteiger partial charge is 0.191 e. The van der Waals surface area contributed by atoms with Crippen LogP contribution < -0.4 is 10.6 Å². The van der Waals surface area contributed by atoms with E-state index in [1.165, 1.54) is 37.4 Å². The highest BCUT2D eigenvalue weighted by Crippen LogP contribution is 2.27. The van der Waals surface area contributed by atoms with Crippen molar-refractivity contribution >= 4 is 23.4 Å². The van der Waals surface area contributed by atoms with Gasteiger partial charge in [0.05, 0.1) is 0 Å². The van der Waals surface area contributed by atoms with E-state index in [1.54, 1.807) is 0 Å². The summed E-state index contributed by atoms with van der Waals surface area (Å²) in [5, 5.41) is 0.750. The minimum absolute atomic E-state index is 0.555. The molecule has 0 unspecified atom stereocenters. The molecule has 5 heteroatoms. The maximum absolute atomic E-state index is 5.78. The van der Waals surface area contributed by atoms with Crippen LogP contribution in [-0.2, 0) is 0 Å². The summed E-state index contributed by atoms with van der Waals surface area (Å²) in [6.07, 6.45) is 7.13. The number of anilines is 2. The van der Waals surface area contributed by atoms with E-state index < -0.39 is 0 Å². The van der Waals surface area contributed by atoms with Crippen LogP contribution in [0.15, 0.2) is 11.2 Å². The van der Waals surface area contributed by atoms with Gasteiger partial charge in [-0.15, -0.1) is 0 Å². The van der Waals surface area contributed by atoms with Gasteiger partial charge in [-0.2, -0.15) is 0 Å². The first-order valence-corrected chi connectivity index (χ1v) is 6.84. The molecular formula is C11H18N4S. The first-order valence-electron chi connectivity index (χ1n) is 5.62. The third-order valence-corrected chi connectivity index (χ3v) is 3.68. The second-order valence-corrected chi connectivity index (χ2v) is 4.96. The average Bonchev–Trinajstić information content (AvgIpc) is 2.80. The monoisotopic (exact) mass is 238 g/mol. The lowest BCUT2D eigenvalue weighted by Gasteiger charge is -2.25. The molecule has 0 aliphatic heterocycles. The van der Waals surface area contributed by atoms with Gasteiger partial charge >= 0.3 is 0 Å². The second-order valence-electron chi connectivity index (χ2n) is 4.19. The summed E-state index contributed by atoms with van der Waals surface area (Å²) in [6, 6.07) is 2.47. The van der Waals surface area contributed by atoms with Gasteiger partial charge in [0.1, 0.15) is 11.6 Å². The molecule has 1 heterocycles. The van der Waals surface area contributed by atoms with Crippen molar-refractivity contribution in [2.75, 3.05) is 23.9 Å². The van der Waals surface area contributed by atoms with Crippen molar-refractivity contribution in [2.45, 2.75) is 36.9 Å². The summed E-state index contributed by atoms with van der Waals surface area (Å²) in [6.45, 7) is 0. The van der Waals surface area contributed by atoms with E-state index >= 15 is 0 Å². The van der Waals surface area contributed by atoms with E-state index in [0.717, 1.165) is 11.0 Å². The number of aromatic nitrogens is 2. The second kappa shape index (κ2) is 4.91. The highest BCUT2D eigenvalue weighted by atomic mass is 32.2. The van der Waals surface area contributed by atoms with E-state index in [-0.39, 0.29) is 0 Å². The molecule has 0 atom stereocenters. The first kappa shape index (κ1) is 11.5. The predicted octanol–water partition coefficient (Wildman–Crippen LogP) is 2.16. The molecule has 1 fully saturated rings. The molecule has 0 saturated heterocycles. The number of nitrogens with two attached hydrogens (primary N) is 1. The third-order valence-electron chi connectivity index (χ3n) is 3.13. The normalized spacial score (nSPS) is 16.6. The molecule has 1 saturated carbocycles. The standard InChI is InChI=1S/C11H18N4S/c1-15(8-5-3-4-6-8)10-7-9(12)13-11(14-10)16-2/h7-8H,3-6H2,1-2H3,(H2,12,13,14). The summed E-state index contributed by atoms with van der Waals surface area (Å²) in [5.41, 5.74) is 5.78. The molecule has 0 spiro atoms. The molecule has 1 aliphatic rings. The summed E-state index contributed by atoms with van der Waals surface area (Å²) in [4.78, 5) is 10.9. The van der Waals surface area contributed by atoms with Gasteiger partial charge in [-0.3, -0.25) is 0 Å². The Kier molecular flexibility index (Phi) is 3.53. The Labute approximate surface area is 101 Å². The number of rotatable bonds is 3. The van der Waals surface area contributed by atoms with E-state index in [2.05, 4.69) is 21.9 Å². The molecule has 1 aromatic rings. The lowest BCUT2D eigenvalue weighted by atomic mass is 10.2. The molecule has 4 nitrogen and oxygen atoms in total. The van der Waals surface area contributed by atoms with Crippen LogP contribution in [0.25, 0.3) is 0 Å². The summed E-state index contributed by atoms with van der Waals surface area (Å²) in [7, 11) is 2.10. The van der Waals surface area contributed by atoms with E-state index in [0.29, 0.717) is 11.9 Å². The van der Waals surface area contributed by atoms with Crippen LogP contribution in [0.5, 0.6) is 0 Å². The molecule has 88 valence electrons. The molecular weight excluding hydrogens is 220 g/mol. The van der Waals surface area contributed by atoms with Gasteiger partial charge in [0.2, 0.25) is 0 Å². The molecule has 16 heavy (non-hydrogen) atoms. The topological polar surface area (TPSA) is 55.0 Å². The van der Waals surface area contributed by atoms with Crippen LogP contribution >= 0.6 is 11.8 Å². The number of thioether (sulfide) groups is 1. The van der Waals surface area contributed by atoms with Crippen molar-refractivity contribution in [3.05, 3.63) is 6.07 Å². The van der Waals surface area contributed by atoms with Crippen molar-refractivity contribution in [2.24, 2.45) is 0 Å². The molecule has 2 rings (SSSR count). The molecule has 1 aliphatic carbocycles. The summed E-state index contributed by atoms with van der Waals surface area (Å²) >= 11 is 1.53. The lowest BCUT2D eigenvalue weighted by Crippen LogP contribution is -2.29. The lowest BCUT2D eigenvalue weighted by molar-refractivity contribution is 0.642. The van der Waals surface area contributed by atoms with Gasteiger partial charge in [0.25, 0.3) is 0 Å². The van der Waals surface area contributed by atoms with Gasteiger partial charge in [-0.05, 0) is 19.1 Å². The van der Waals surface area contributed by atoms with Crippen molar-refractivity contribution in [3.8, 4) is 0 Å². The largest absolute Gasteiger partial charge is 0.383 e. The van der Waals surface area contributed by atoms with E-state index in [4.69, 9.17) is 5.73 Å². The molecule has 0 radical (unpaired) electrons. The number of hydrogen-bond donors (Lipinski definition) is 1. The molecule has 2 N–H and O–H groups in total. The number of nitrogens with zero attached hydrogens (tertiary/aromatic N) is 3. The minimum atomic E-state index is 0.555. The average molecular weight is 238 g/mol. The van der Waals surface area contributed by atoms with Crippen molar-refractivity contribution in [1.82, 2.24) is 9.97 Å². The number of hydrogen-bond acceptors (Lipinski definition) is 5. The maximum atomic E-state index is 5.78. The molecule has 0 amide bonds. The third kappa shape index (κ3) is 2.40. The van der Waals surface area contributed by atoms with Crippen molar-refractivity contribution in [1.29, 1.82) is 0 Å². The fourth-order valence-electron chi connectivity index (χ4n) is 2.18. The van der Waals surface area contributed by atoms with Gasteiger partial charge in [0.15, 0.2) is 5.16 Å². The van der Waals surface area contributed by atoms with E-state index in [9.17, 15) is 0 Å². The summed E-state index contributed by atoms with van der Waals surface area (Å²) < 4.78 is 0. The summed E-state index contributed by atoms with van der Waals surface area (Å²) in [5.74, 6) is 1.50. The van der Waals surface area contributed by atoms with E-state index in [1.807, 2.05) is 12.3 Å². The van der Waals surface area contributed by atoms with Crippen molar-refractivity contribution in [3.63, 3.8) is 0 Å². The Bertz CT molecular complexity index is 363. The number of nitrogen functional groups attached to an aromatic ring is 1. The zero-order valence-corrected chi connectivity index (χ0v) is 10.6. The quantitative estimate of drug-likeness (QED) is 0.646. The zero-order chi connectivity index (χ0) is 11.5. The fraction of sp³-hybridized carbons (Fsp3) is 0.636. The fourth-order valence-corrected chi connectivity index (χ4v) is 2.56. The van der Waals surface area contributed by atoms with Gasteiger partial charge in [0, 0.05) is 19.2 Å². The Hall–Kier alpha value is -0.970. The SMILES string of the molecule is CSc1nc(N)cc(N(C)C2CCCC2)n1. The van der Waals surface area contributed by atoms with Crippen LogP contribution in [0, 0.1) is 0 Å². The zero-order valence-electron chi connectivity index (χ0n) is 9.81. The predicted molar refractivity (Wildman–Crippen MR) is 68.9 cm³/mol. The minimum Gasteiger partial charge on any atom is -0.383 e. The van der Waals surface area contributed by atoms with Crippen LogP contribution in [0.4, 0.5) is 11.6 Å². The van der Waals surface area contributed by atoms with Crippen LogP contribution in [0.1, 0.15) is 25.7 Å². The molecule has 1 aromatic heterocycles. The van der Waals surface area contributed by atoms with Crippen molar-refractivity contribution < 1.29 is 0 Å². The van der Waals surface area contributed by atoms with Crippen LogP contribution in [-0.4, -0.2) is 29.3 Å².